The maximum atomic E-state index is 11.5. The van der Waals surface area contributed by atoms with Gasteiger partial charge < -0.3 is 9.15 Å². The summed E-state index contributed by atoms with van der Waals surface area (Å²) in [7, 11) is 1.32. The highest BCUT2D eigenvalue weighted by Gasteiger charge is 2.19. The lowest BCUT2D eigenvalue weighted by Crippen LogP contribution is -2.01. The van der Waals surface area contributed by atoms with Gasteiger partial charge in [0.25, 0.3) is 0 Å². The third-order valence-corrected chi connectivity index (χ3v) is 2.49. The molecule has 1 aromatic heterocycles. The number of esters is 1. The minimum absolute atomic E-state index is 0.182. The number of furan rings is 1. The Labute approximate surface area is 99.3 Å². The Hall–Kier alpha value is -2.29. The molecule has 0 amide bonds. The lowest BCUT2D eigenvalue weighted by atomic mass is 10.0. The normalized spacial score (nSPS) is 9.94. The van der Waals surface area contributed by atoms with E-state index in [4.69, 9.17) is 4.42 Å². The highest BCUT2D eigenvalue weighted by atomic mass is 16.5. The first-order chi connectivity index (χ1) is 8.27. The predicted molar refractivity (Wildman–Crippen MR) is 65.6 cm³/mol. The summed E-state index contributed by atoms with van der Waals surface area (Å²) in [4.78, 5) is 11.5. The van der Waals surface area contributed by atoms with Crippen molar-refractivity contribution < 1.29 is 13.9 Å². The summed E-state index contributed by atoms with van der Waals surface area (Å²) < 4.78 is 9.90. The second-order valence-corrected chi connectivity index (χ2v) is 3.45. The molecule has 1 aromatic carbocycles. The predicted octanol–water partition coefficient (Wildman–Crippen LogP) is 3.38. The maximum Gasteiger partial charge on any atom is 0.374 e. The number of methoxy groups -OCH3 is 1. The van der Waals surface area contributed by atoms with E-state index >= 15 is 0 Å². The fourth-order valence-corrected chi connectivity index (χ4v) is 1.66. The quantitative estimate of drug-likeness (QED) is 0.756. The summed E-state index contributed by atoms with van der Waals surface area (Å²) >= 11 is 0. The van der Waals surface area contributed by atoms with Crippen LogP contribution in [0.3, 0.4) is 0 Å². The van der Waals surface area contributed by atoms with Crippen molar-refractivity contribution in [2.24, 2.45) is 0 Å². The van der Waals surface area contributed by atoms with E-state index in [0.717, 1.165) is 11.1 Å². The van der Waals surface area contributed by atoms with Gasteiger partial charge in [0.1, 0.15) is 6.26 Å². The highest BCUT2D eigenvalue weighted by molar-refractivity contribution is 5.94. The molecule has 3 nitrogen and oxygen atoms in total. The van der Waals surface area contributed by atoms with E-state index in [1.807, 2.05) is 30.3 Å². The Balaban J connectivity index is 2.54. The first-order valence-electron chi connectivity index (χ1n) is 5.15. The van der Waals surface area contributed by atoms with Gasteiger partial charge in [0.15, 0.2) is 0 Å². The molecule has 0 N–H and O–H groups in total. The summed E-state index contributed by atoms with van der Waals surface area (Å²) in [6, 6.07) is 9.66. The van der Waals surface area contributed by atoms with Gasteiger partial charge in [-0.05, 0) is 5.56 Å². The molecule has 0 saturated carbocycles. The highest BCUT2D eigenvalue weighted by Crippen LogP contribution is 2.29. The van der Waals surface area contributed by atoms with E-state index < -0.39 is 5.97 Å². The van der Waals surface area contributed by atoms with Crippen LogP contribution in [0.2, 0.25) is 0 Å². The molecule has 17 heavy (non-hydrogen) atoms. The van der Waals surface area contributed by atoms with Crippen LogP contribution in [0.1, 0.15) is 16.1 Å². The number of benzene rings is 1. The second-order valence-electron chi connectivity index (χ2n) is 3.45. The largest absolute Gasteiger partial charge is 0.463 e. The summed E-state index contributed by atoms with van der Waals surface area (Å²) in [5.41, 5.74) is 2.46. The van der Waals surface area contributed by atoms with Crippen LogP contribution in [0.15, 0.2) is 47.6 Å². The van der Waals surface area contributed by atoms with Crippen molar-refractivity contribution in [3.8, 4) is 11.1 Å². The third-order valence-electron chi connectivity index (χ3n) is 2.49. The molecule has 0 bridgehead atoms. The van der Waals surface area contributed by atoms with E-state index in [-0.39, 0.29) is 5.76 Å². The standard InChI is InChI=1S/C14H12O3/c1-3-11-12(10-7-5-4-6-8-10)9-17-13(11)14(15)16-2/h3-9H,1H2,2H3. The summed E-state index contributed by atoms with van der Waals surface area (Å²) in [5, 5.41) is 0. The molecule has 0 aliphatic rings. The molecular formula is C14H12O3. The topological polar surface area (TPSA) is 39.4 Å². The van der Waals surface area contributed by atoms with Crippen LogP contribution in [0.25, 0.3) is 17.2 Å². The molecule has 0 spiro atoms. The molecule has 2 rings (SSSR count). The van der Waals surface area contributed by atoms with Gasteiger partial charge in [-0.1, -0.05) is 43.0 Å². The van der Waals surface area contributed by atoms with Crippen molar-refractivity contribution in [3.05, 3.63) is 54.5 Å². The van der Waals surface area contributed by atoms with Crippen molar-refractivity contribution in [1.29, 1.82) is 0 Å². The SMILES string of the molecule is C=Cc1c(-c2ccccc2)coc1C(=O)OC. The number of hydrogen-bond donors (Lipinski definition) is 0. The average molecular weight is 228 g/mol. The lowest BCUT2D eigenvalue weighted by molar-refractivity contribution is 0.0565. The minimum atomic E-state index is -0.498. The smallest absolute Gasteiger partial charge is 0.374 e. The van der Waals surface area contributed by atoms with Gasteiger partial charge in [0.05, 0.1) is 7.11 Å². The molecule has 1 heterocycles. The van der Waals surface area contributed by atoms with Crippen LogP contribution in [0, 0.1) is 0 Å². The average Bonchev–Trinajstić information content (AvgIpc) is 2.82. The van der Waals surface area contributed by atoms with E-state index in [1.54, 1.807) is 12.3 Å². The van der Waals surface area contributed by atoms with E-state index in [1.165, 1.54) is 7.11 Å². The number of carbonyl (C=O) groups is 1. The fourth-order valence-electron chi connectivity index (χ4n) is 1.66. The molecular weight excluding hydrogens is 216 g/mol. The molecule has 0 saturated heterocycles. The van der Waals surface area contributed by atoms with Crippen molar-refractivity contribution in [2.75, 3.05) is 7.11 Å². The molecule has 2 aromatic rings. The first kappa shape index (κ1) is 11.2. The Morgan fingerprint density at radius 1 is 1.35 bits per heavy atom. The monoisotopic (exact) mass is 228 g/mol. The van der Waals surface area contributed by atoms with Crippen LogP contribution in [0.5, 0.6) is 0 Å². The van der Waals surface area contributed by atoms with Gasteiger partial charge in [0.2, 0.25) is 5.76 Å². The molecule has 3 heteroatoms. The number of ether oxygens (including phenoxy) is 1. The molecule has 86 valence electrons. The van der Waals surface area contributed by atoms with Crippen molar-refractivity contribution in [1.82, 2.24) is 0 Å². The Morgan fingerprint density at radius 3 is 2.65 bits per heavy atom. The Morgan fingerprint density at radius 2 is 2.06 bits per heavy atom. The van der Waals surface area contributed by atoms with E-state index in [0.29, 0.717) is 5.56 Å². The van der Waals surface area contributed by atoms with Gasteiger partial charge in [-0.15, -0.1) is 0 Å². The van der Waals surface area contributed by atoms with Crippen molar-refractivity contribution in [3.63, 3.8) is 0 Å². The van der Waals surface area contributed by atoms with Gasteiger partial charge in [-0.25, -0.2) is 4.79 Å². The van der Waals surface area contributed by atoms with Crippen molar-refractivity contribution in [2.45, 2.75) is 0 Å². The minimum Gasteiger partial charge on any atom is -0.463 e. The van der Waals surface area contributed by atoms with Crippen LogP contribution in [-0.4, -0.2) is 13.1 Å². The Bertz CT molecular complexity index is 538. The second kappa shape index (κ2) is 4.70. The third kappa shape index (κ3) is 1.99. The number of hydrogen-bond acceptors (Lipinski definition) is 3. The van der Waals surface area contributed by atoms with Gasteiger partial charge in [-0.2, -0.15) is 0 Å². The van der Waals surface area contributed by atoms with Crippen LogP contribution >= 0.6 is 0 Å². The fraction of sp³-hybridized carbons (Fsp3) is 0.0714. The van der Waals surface area contributed by atoms with E-state index in [9.17, 15) is 4.79 Å². The number of rotatable bonds is 3. The molecule has 0 fully saturated rings. The number of carbonyl (C=O) groups excluding carboxylic acids is 1. The summed E-state index contributed by atoms with van der Waals surface area (Å²) in [5.74, 6) is -0.316. The van der Waals surface area contributed by atoms with Crippen molar-refractivity contribution >= 4 is 12.0 Å². The molecule has 0 aliphatic heterocycles. The first-order valence-corrected chi connectivity index (χ1v) is 5.15. The summed E-state index contributed by atoms with van der Waals surface area (Å²) in [6.07, 6.45) is 3.14. The lowest BCUT2D eigenvalue weighted by Gasteiger charge is -2.00. The maximum absolute atomic E-state index is 11.5. The molecule has 0 aliphatic carbocycles. The molecule has 0 unspecified atom stereocenters. The molecule has 0 atom stereocenters. The van der Waals surface area contributed by atoms with E-state index in [2.05, 4.69) is 11.3 Å². The van der Waals surface area contributed by atoms with Crippen LogP contribution in [-0.2, 0) is 4.74 Å². The van der Waals surface area contributed by atoms with Crippen LogP contribution < -0.4 is 0 Å². The Kier molecular flexibility index (Phi) is 3.10. The van der Waals surface area contributed by atoms with Gasteiger partial charge in [-0.3, -0.25) is 0 Å². The zero-order chi connectivity index (χ0) is 12.3. The molecule has 0 radical (unpaired) electrons. The zero-order valence-corrected chi connectivity index (χ0v) is 9.47. The van der Waals surface area contributed by atoms with Gasteiger partial charge >= 0.3 is 5.97 Å². The zero-order valence-electron chi connectivity index (χ0n) is 9.47. The van der Waals surface area contributed by atoms with Gasteiger partial charge in [0, 0.05) is 11.1 Å². The summed E-state index contributed by atoms with van der Waals surface area (Å²) in [6.45, 7) is 3.70. The van der Waals surface area contributed by atoms with Crippen LogP contribution in [0.4, 0.5) is 0 Å².